The van der Waals surface area contributed by atoms with Crippen molar-refractivity contribution in [2.75, 3.05) is 12.4 Å². The molecule has 1 aliphatic carbocycles. The van der Waals surface area contributed by atoms with Gasteiger partial charge in [-0.1, -0.05) is 25.7 Å². The average Bonchev–Trinajstić information content (AvgIpc) is 2.68. The Bertz CT molecular complexity index is 483. The molecule has 0 atom stereocenters. The van der Waals surface area contributed by atoms with Crippen molar-refractivity contribution in [2.24, 2.45) is 0 Å². The molecule has 0 bridgehead atoms. The summed E-state index contributed by atoms with van der Waals surface area (Å²) < 4.78 is 5.15. The fraction of sp³-hybridized carbons (Fsp3) is 0.643. The van der Waals surface area contributed by atoms with Gasteiger partial charge in [-0.15, -0.1) is 0 Å². The zero-order valence-electron chi connectivity index (χ0n) is 12.0. The molecule has 1 aromatic heterocycles. The minimum atomic E-state index is -0.930. The molecule has 0 spiro atoms. The fourth-order valence-electron chi connectivity index (χ4n) is 2.72. The van der Waals surface area contributed by atoms with Crippen LogP contribution in [-0.2, 0) is 4.79 Å². The fourth-order valence-corrected chi connectivity index (χ4v) is 2.72. The maximum atomic E-state index is 11.8. The standard InChI is InChI=1S/C14H21N3O3/c1-10-11(15-9-16-12(10)20-2)17-14(13(18)19)7-5-3-4-6-8-14/h9H,3-8H2,1-2H3,(H,18,19)(H,15,16,17). The van der Waals surface area contributed by atoms with Crippen molar-refractivity contribution in [3.05, 3.63) is 11.9 Å². The second-order valence-electron chi connectivity index (χ2n) is 5.28. The molecule has 20 heavy (non-hydrogen) atoms. The Labute approximate surface area is 118 Å². The summed E-state index contributed by atoms with van der Waals surface area (Å²) in [7, 11) is 1.54. The van der Waals surface area contributed by atoms with E-state index < -0.39 is 11.5 Å². The maximum absolute atomic E-state index is 11.8. The van der Waals surface area contributed by atoms with Crippen LogP contribution in [-0.4, -0.2) is 33.7 Å². The van der Waals surface area contributed by atoms with Crippen LogP contribution in [0.2, 0.25) is 0 Å². The van der Waals surface area contributed by atoms with Crippen molar-refractivity contribution >= 4 is 11.8 Å². The van der Waals surface area contributed by atoms with E-state index in [-0.39, 0.29) is 0 Å². The maximum Gasteiger partial charge on any atom is 0.329 e. The Morgan fingerprint density at radius 3 is 2.50 bits per heavy atom. The molecule has 6 heteroatoms. The number of hydrogen-bond donors (Lipinski definition) is 2. The number of hydrogen-bond acceptors (Lipinski definition) is 5. The number of anilines is 1. The third-order valence-electron chi connectivity index (χ3n) is 3.96. The van der Waals surface area contributed by atoms with Crippen molar-refractivity contribution in [1.82, 2.24) is 9.97 Å². The van der Waals surface area contributed by atoms with Gasteiger partial charge >= 0.3 is 5.97 Å². The molecule has 1 fully saturated rings. The van der Waals surface area contributed by atoms with Gasteiger partial charge in [0, 0.05) is 0 Å². The third-order valence-corrected chi connectivity index (χ3v) is 3.96. The molecule has 2 rings (SSSR count). The van der Waals surface area contributed by atoms with Crippen LogP contribution in [0, 0.1) is 6.92 Å². The highest BCUT2D eigenvalue weighted by Gasteiger charge is 2.39. The van der Waals surface area contributed by atoms with E-state index in [0.29, 0.717) is 24.5 Å². The van der Waals surface area contributed by atoms with Gasteiger partial charge in [0.05, 0.1) is 12.7 Å². The number of carboxylic acid groups (broad SMARTS) is 1. The van der Waals surface area contributed by atoms with E-state index in [9.17, 15) is 9.90 Å². The molecule has 110 valence electrons. The highest BCUT2D eigenvalue weighted by atomic mass is 16.5. The van der Waals surface area contributed by atoms with Gasteiger partial charge in [-0.05, 0) is 19.8 Å². The summed E-state index contributed by atoms with van der Waals surface area (Å²) in [5.74, 6) is 0.203. The first-order valence-electron chi connectivity index (χ1n) is 6.96. The van der Waals surface area contributed by atoms with Gasteiger partial charge in [0.2, 0.25) is 5.88 Å². The minimum Gasteiger partial charge on any atom is -0.481 e. The van der Waals surface area contributed by atoms with Crippen LogP contribution in [0.3, 0.4) is 0 Å². The molecule has 1 heterocycles. The van der Waals surface area contributed by atoms with Crippen molar-refractivity contribution in [3.8, 4) is 5.88 Å². The summed E-state index contributed by atoms with van der Waals surface area (Å²) in [4.78, 5) is 20.0. The molecule has 0 saturated heterocycles. The Kier molecular flexibility index (Phi) is 4.42. The quantitative estimate of drug-likeness (QED) is 0.823. The third kappa shape index (κ3) is 2.84. The Balaban J connectivity index is 2.30. The van der Waals surface area contributed by atoms with E-state index in [1.807, 2.05) is 6.92 Å². The van der Waals surface area contributed by atoms with Crippen LogP contribution in [0.5, 0.6) is 5.88 Å². The predicted octanol–water partition coefficient (Wildman–Crippen LogP) is 2.38. The second-order valence-corrected chi connectivity index (χ2v) is 5.28. The molecule has 1 aromatic rings. The molecular weight excluding hydrogens is 258 g/mol. The molecule has 0 radical (unpaired) electrons. The first-order valence-corrected chi connectivity index (χ1v) is 6.96. The van der Waals surface area contributed by atoms with E-state index in [1.165, 1.54) is 13.4 Å². The van der Waals surface area contributed by atoms with E-state index in [1.54, 1.807) is 0 Å². The molecule has 0 amide bonds. The number of ether oxygens (including phenoxy) is 1. The predicted molar refractivity (Wildman–Crippen MR) is 75.0 cm³/mol. The van der Waals surface area contributed by atoms with Gasteiger partial charge < -0.3 is 15.2 Å². The molecule has 0 unspecified atom stereocenters. The monoisotopic (exact) mass is 279 g/mol. The van der Waals surface area contributed by atoms with Gasteiger partial charge in [-0.25, -0.2) is 14.8 Å². The second kappa shape index (κ2) is 6.07. The lowest BCUT2D eigenvalue weighted by molar-refractivity contribution is -0.142. The minimum absolute atomic E-state index is 0.469. The van der Waals surface area contributed by atoms with Gasteiger partial charge in [0.15, 0.2) is 0 Å². The summed E-state index contributed by atoms with van der Waals surface area (Å²) in [5, 5.41) is 12.8. The molecular formula is C14H21N3O3. The van der Waals surface area contributed by atoms with Crippen LogP contribution in [0.4, 0.5) is 5.82 Å². The SMILES string of the molecule is COc1ncnc(NC2(C(=O)O)CCCCCC2)c1C. The zero-order valence-corrected chi connectivity index (χ0v) is 12.0. The largest absolute Gasteiger partial charge is 0.481 e. The molecule has 2 N–H and O–H groups in total. The normalized spacial score (nSPS) is 18.1. The van der Waals surface area contributed by atoms with Crippen molar-refractivity contribution < 1.29 is 14.6 Å². The topological polar surface area (TPSA) is 84.3 Å². The number of rotatable bonds is 4. The van der Waals surface area contributed by atoms with E-state index in [4.69, 9.17) is 4.74 Å². The lowest BCUT2D eigenvalue weighted by atomic mass is 9.90. The van der Waals surface area contributed by atoms with Gasteiger partial charge in [-0.2, -0.15) is 0 Å². The summed E-state index contributed by atoms with van der Waals surface area (Å²) in [6.07, 6.45) is 6.63. The Morgan fingerprint density at radius 2 is 1.95 bits per heavy atom. The van der Waals surface area contributed by atoms with Crippen LogP contribution in [0.15, 0.2) is 6.33 Å². The summed E-state index contributed by atoms with van der Waals surface area (Å²) >= 11 is 0. The molecule has 0 aromatic carbocycles. The number of carbonyl (C=O) groups is 1. The number of carboxylic acids is 1. The lowest BCUT2D eigenvalue weighted by Gasteiger charge is -2.30. The molecule has 1 saturated carbocycles. The molecule has 1 aliphatic rings. The van der Waals surface area contributed by atoms with Gasteiger partial charge in [-0.3, -0.25) is 0 Å². The highest BCUT2D eigenvalue weighted by molar-refractivity contribution is 5.82. The zero-order chi connectivity index (χ0) is 14.6. The smallest absolute Gasteiger partial charge is 0.329 e. The van der Waals surface area contributed by atoms with Gasteiger partial charge in [0.25, 0.3) is 0 Å². The first kappa shape index (κ1) is 14.6. The van der Waals surface area contributed by atoms with Crippen molar-refractivity contribution in [3.63, 3.8) is 0 Å². The van der Waals surface area contributed by atoms with Crippen LogP contribution in [0.1, 0.15) is 44.1 Å². The average molecular weight is 279 g/mol. The first-order chi connectivity index (χ1) is 9.59. The van der Waals surface area contributed by atoms with Crippen LogP contribution in [0.25, 0.3) is 0 Å². The lowest BCUT2D eigenvalue weighted by Crippen LogP contribution is -2.46. The number of methoxy groups -OCH3 is 1. The van der Waals surface area contributed by atoms with Crippen LogP contribution >= 0.6 is 0 Å². The van der Waals surface area contributed by atoms with Crippen molar-refractivity contribution in [1.29, 1.82) is 0 Å². The summed E-state index contributed by atoms with van der Waals surface area (Å²) in [6.45, 7) is 1.83. The molecule has 0 aliphatic heterocycles. The van der Waals surface area contributed by atoms with E-state index in [0.717, 1.165) is 31.2 Å². The number of nitrogens with one attached hydrogen (secondary N) is 1. The van der Waals surface area contributed by atoms with Crippen molar-refractivity contribution in [2.45, 2.75) is 51.0 Å². The number of aromatic nitrogens is 2. The summed E-state index contributed by atoms with van der Waals surface area (Å²) in [5.41, 5.74) is -0.194. The summed E-state index contributed by atoms with van der Waals surface area (Å²) in [6, 6.07) is 0. The Hall–Kier alpha value is -1.85. The van der Waals surface area contributed by atoms with Gasteiger partial charge in [0.1, 0.15) is 17.7 Å². The molecule has 6 nitrogen and oxygen atoms in total. The highest BCUT2D eigenvalue weighted by Crippen LogP contribution is 2.32. The number of aliphatic carboxylic acids is 1. The van der Waals surface area contributed by atoms with Crippen LogP contribution < -0.4 is 10.1 Å². The number of nitrogens with zero attached hydrogens (tertiary/aromatic N) is 2. The van der Waals surface area contributed by atoms with E-state index >= 15 is 0 Å². The Morgan fingerprint density at radius 1 is 1.30 bits per heavy atom. The van der Waals surface area contributed by atoms with E-state index in [2.05, 4.69) is 15.3 Å².